The molecule has 4 nitrogen and oxygen atoms in total. The van der Waals surface area contributed by atoms with Gasteiger partial charge >= 0.3 is 5.97 Å². The Morgan fingerprint density at radius 3 is 2.77 bits per heavy atom. The summed E-state index contributed by atoms with van der Waals surface area (Å²) in [6.07, 6.45) is 5.81. The number of halogens is 1. The van der Waals surface area contributed by atoms with Gasteiger partial charge in [0.05, 0.1) is 7.05 Å². The minimum absolute atomic E-state index is 0. The third-order valence-electron chi connectivity index (χ3n) is 1.48. The van der Waals surface area contributed by atoms with Gasteiger partial charge in [0.25, 0.3) is 0 Å². The molecule has 1 heterocycles. The van der Waals surface area contributed by atoms with Gasteiger partial charge in [0.15, 0.2) is 0 Å². The molecule has 0 bridgehead atoms. The number of imidazole rings is 1. The number of rotatable bonds is 3. The van der Waals surface area contributed by atoms with E-state index in [9.17, 15) is 4.79 Å². The van der Waals surface area contributed by atoms with E-state index in [1.54, 1.807) is 0 Å². The number of ether oxygens (including phenoxy) is 1. The number of nitrogens with zero attached hydrogens (tertiary/aromatic N) is 2. The fourth-order valence-electron chi connectivity index (χ4n) is 0.929. The lowest BCUT2D eigenvalue weighted by atomic mass is 10.6. The van der Waals surface area contributed by atoms with Crippen molar-refractivity contribution in [2.75, 3.05) is 6.61 Å². The Morgan fingerprint density at radius 2 is 2.31 bits per heavy atom. The zero-order valence-electron chi connectivity index (χ0n) is 7.74. The van der Waals surface area contributed by atoms with Gasteiger partial charge in [-0.1, -0.05) is 0 Å². The second-order valence-corrected chi connectivity index (χ2v) is 2.66. The largest absolute Gasteiger partial charge is 1.00 e. The van der Waals surface area contributed by atoms with Crippen molar-refractivity contribution < 1.29 is 26.5 Å². The Hall–Kier alpha value is -1.03. The summed E-state index contributed by atoms with van der Waals surface area (Å²) < 4.78 is 8.69. The zero-order chi connectivity index (χ0) is 8.97. The van der Waals surface area contributed by atoms with Gasteiger partial charge in [-0.2, -0.15) is 0 Å². The Bertz CT molecular complexity index is 273. The highest BCUT2D eigenvalue weighted by molar-refractivity contribution is 5.65. The van der Waals surface area contributed by atoms with Gasteiger partial charge < -0.3 is 17.1 Å². The van der Waals surface area contributed by atoms with Crippen molar-refractivity contribution in [1.29, 1.82) is 0 Å². The van der Waals surface area contributed by atoms with Crippen LogP contribution in [0.1, 0.15) is 6.92 Å². The second kappa shape index (κ2) is 5.59. The Morgan fingerprint density at radius 1 is 1.62 bits per heavy atom. The fraction of sp³-hybridized carbons (Fsp3) is 0.500. The maximum atomic E-state index is 10.4. The van der Waals surface area contributed by atoms with E-state index in [1.165, 1.54) is 6.92 Å². The molecule has 0 spiro atoms. The van der Waals surface area contributed by atoms with Crippen molar-refractivity contribution in [3.63, 3.8) is 0 Å². The van der Waals surface area contributed by atoms with Crippen LogP contribution in [0.25, 0.3) is 0 Å². The molecule has 0 fully saturated rings. The minimum Gasteiger partial charge on any atom is -1.00 e. The molecular formula is C8H13ClN2O2. The first kappa shape index (κ1) is 12.0. The van der Waals surface area contributed by atoms with Gasteiger partial charge in [-0.3, -0.25) is 4.79 Å². The molecule has 1 aromatic heterocycles. The smallest absolute Gasteiger partial charge is 0.302 e. The molecule has 74 valence electrons. The maximum Gasteiger partial charge on any atom is 0.302 e. The third kappa shape index (κ3) is 4.52. The predicted octanol–water partition coefficient (Wildman–Crippen LogP) is -3.12. The molecule has 0 radical (unpaired) electrons. The normalized spacial score (nSPS) is 9.08. The maximum absolute atomic E-state index is 10.4. The molecule has 0 atom stereocenters. The lowest BCUT2D eigenvalue weighted by molar-refractivity contribution is -0.671. The molecule has 0 aliphatic carbocycles. The van der Waals surface area contributed by atoms with Crippen LogP contribution in [0.4, 0.5) is 0 Å². The first-order valence-electron chi connectivity index (χ1n) is 3.83. The highest BCUT2D eigenvalue weighted by Crippen LogP contribution is 1.85. The topological polar surface area (TPSA) is 35.1 Å². The van der Waals surface area contributed by atoms with Crippen molar-refractivity contribution in [2.24, 2.45) is 7.05 Å². The van der Waals surface area contributed by atoms with Crippen molar-refractivity contribution >= 4 is 5.97 Å². The molecule has 13 heavy (non-hydrogen) atoms. The Balaban J connectivity index is 0.00000144. The molecule has 1 rings (SSSR count). The SMILES string of the molecule is CC(=O)OCCn1cc[n+](C)c1.[Cl-]. The standard InChI is InChI=1S/C8H13N2O2.ClH/c1-8(11)12-6-5-10-4-3-9(2)7-10;/h3-4,7H,5-6H2,1-2H3;1H/q+1;/p-1. The number of hydrogen-bond acceptors (Lipinski definition) is 2. The highest BCUT2D eigenvalue weighted by atomic mass is 35.5. The monoisotopic (exact) mass is 204 g/mol. The van der Waals surface area contributed by atoms with E-state index < -0.39 is 0 Å². The zero-order valence-corrected chi connectivity index (χ0v) is 8.49. The van der Waals surface area contributed by atoms with E-state index in [0.29, 0.717) is 13.2 Å². The van der Waals surface area contributed by atoms with Gasteiger partial charge in [-0.05, 0) is 0 Å². The van der Waals surface area contributed by atoms with Crippen LogP contribution in [0.3, 0.4) is 0 Å². The average molecular weight is 205 g/mol. The van der Waals surface area contributed by atoms with E-state index in [4.69, 9.17) is 4.74 Å². The number of hydrogen-bond donors (Lipinski definition) is 0. The van der Waals surface area contributed by atoms with Gasteiger partial charge in [-0.15, -0.1) is 0 Å². The summed E-state index contributed by atoms with van der Waals surface area (Å²) in [6.45, 7) is 2.56. The van der Waals surface area contributed by atoms with Gasteiger partial charge in [-0.25, -0.2) is 9.13 Å². The van der Waals surface area contributed by atoms with E-state index in [1.807, 2.05) is 34.9 Å². The van der Waals surface area contributed by atoms with Gasteiger partial charge in [0.2, 0.25) is 6.33 Å². The van der Waals surface area contributed by atoms with Crippen LogP contribution in [0.15, 0.2) is 18.7 Å². The highest BCUT2D eigenvalue weighted by Gasteiger charge is 1.99. The third-order valence-corrected chi connectivity index (χ3v) is 1.48. The van der Waals surface area contributed by atoms with Crippen LogP contribution >= 0.6 is 0 Å². The summed E-state index contributed by atoms with van der Waals surface area (Å²) in [5, 5.41) is 0. The summed E-state index contributed by atoms with van der Waals surface area (Å²) in [6, 6.07) is 0. The molecule has 5 heteroatoms. The van der Waals surface area contributed by atoms with E-state index in [2.05, 4.69) is 0 Å². The summed E-state index contributed by atoms with van der Waals surface area (Å²) in [5.41, 5.74) is 0. The summed E-state index contributed by atoms with van der Waals surface area (Å²) in [7, 11) is 1.95. The molecule has 1 aromatic rings. The molecule has 0 saturated carbocycles. The number of aromatic nitrogens is 2. The molecule has 0 unspecified atom stereocenters. The molecule has 0 N–H and O–H groups in total. The summed E-state index contributed by atoms with van der Waals surface area (Å²) in [4.78, 5) is 10.4. The van der Waals surface area contributed by atoms with Crippen LogP contribution in [0, 0.1) is 0 Å². The lowest BCUT2D eigenvalue weighted by Gasteiger charge is -1.97. The Kier molecular flexibility index (Phi) is 5.14. The van der Waals surface area contributed by atoms with E-state index in [-0.39, 0.29) is 18.4 Å². The van der Waals surface area contributed by atoms with Crippen LogP contribution in [0.2, 0.25) is 0 Å². The number of carbonyl (C=O) groups is 1. The second-order valence-electron chi connectivity index (χ2n) is 2.66. The minimum atomic E-state index is -0.230. The molecule has 0 aliphatic heterocycles. The van der Waals surface area contributed by atoms with Gasteiger partial charge in [0.1, 0.15) is 25.5 Å². The van der Waals surface area contributed by atoms with Crippen molar-refractivity contribution in [3.05, 3.63) is 18.7 Å². The molecule has 0 saturated heterocycles. The van der Waals surface area contributed by atoms with E-state index >= 15 is 0 Å². The van der Waals surface area contributed by atoms with E-state index in [0.717, 1.165) is 0 Å². The first-order valence-corrected chi connectivity index (χ1v) is 3.83. The van der Waals surface area contributed by atoms with Gasteiger partial charge in [0, 0.05) is 6.92 Å². The van der Waals surface area contributed by atoms with Crippen LogP contribution in [0.5, 0.6) is 0 Å². The van der Waals surface area contributed by atoms with Crippen molar-refractivity contribution in [3.8, 4) is 0 Å². The number of carbonyl (C=O) groups excluding carboxylic acids is 1. The fourth-order valence-corrected chi connectivity index (χ4v) is 0.929. The van der Waals surface area contributed by atoms with Crippen LogP contribution in [-0.2, 0) is 23.1 Å². The molecule has 0 amide bonds. The predicted molar refractivity (Wildman–Crippen MR) is 42.2 cm³/mol. The molecular weight excluding hydrogens is 192 g/mol. The average Bonchev–Trinajstić information content (AvgIpc) is 2.35. The lowest BCUT2D eigenvalue weighted by Crippen LogP contribution is -3.00. The quantitative estimate of drug-likeness (QED) is 0.386. The van der Waals surface area contributed by atoms with Crippen molar-refractivity contribution in [1.82, 2.24) is 4.57 Å². The molecule has 0 aliphatic rings. The Labute approximate surface area is 83.5 Å². The van der Waals surface area contributed by atoms with Crippen LogP contribution in [-0.4, -0.2) is 17.1 Å². The number of aryl methyl sites for hydroxylation is 1. The first-order chi connectivity index (χ1) is 5.68. The summed E-state index contributed by atoms with van der Waals surface area (Å²) >= 11 is 0. The summed E-state index contributed by atoms with van der Waals surface area (Å²) in [5.74, 6) is -0.230. The number of esters is 1. The van der Waals surface area contributed by atoms with Crippen LogP contribution < -0.4 is 17.0 Å². The van der Waals surface area contributed by atoms with Crippen molar-refractivity contribution in [2.45, 2.75) is 13.5 Å². The molecule has 0 aromatic carbocycles.